The third kappa shape index (κ3) is 4.68. The lowest BCUT2D eigenvalue weighted by Crippen LogP contribution is -2.41. The Morgan fingerprint density at radius 3 is 2.15 bits per heavy atom. The van der Waals surface area contributed by atoms with E-state index in [1.165, 1.54) is 0 Å². The number of hydrogen-bond donors (Lipinski definition) is 2. The van der Waals surface area contributed by atoms with Gasteiger partial charge in [-0.3, -0.25) is 0 Å². The molecule has 0 spiro atoms. The second kappa shape index (κ2) is 8.91. The summed E-state index contributed by atoms with van der Waals surface area (Å²) >= 11 is 0. The van der Waals surface area contributed by atoms with Crippen LogP contribution in [0.3, 0.4) is 0 Å². The summed E-state index contributed by atoms with van der Waals surface area (Å²) in [6.07, 6.45) is -4.58. The fourth-order valence-corrected chi connectivity index (χ4v) is 2.78. The molecule has 26 heavy (non-hydrogen) atoms. The fraction of sp³-hybridized carbons (Fsp3) is 0.350. The van der Waals surface area contributed by atoms with Gasteiger partial charge in [0.1, 0.15) is 12.2 Å². The first-order chi connectivity index (χ1) is 12.6. The van der Waals surface area contributed by atoms with Crippen molar-refractivity contribution in [1.29, 1.82) is 0 Å². The molecule has 6 nitrogen and oxygen atoms in total. The van der Waals surface area contributed by atoms with Crippen LogP contribution in [0.15, 0.2) is 60.7 Å². The first-order valence-corrected chi connectivity index (χ1v) is 8.49. The van der Waals surface area contributed by atoms with E-state index in [-0.39, 0.29) is 13.2 Å². The normalized spacial score (nSPS) is 23.6. The van der Waals surface area contributed by atoms with Gasteiger partial charge in [0.2, 0.25) is 0 Å². The summed E-state index contributed by atoms with van der Waals surface area (Å²) in [6.45, 7) is 0.433. The minimum atomic E-state index is -1.25. The Bertz CT molecular complexity index is 690. The molecule has 1 heterocycles. The van der Waals surface area contributed by atoms with Gasteiger partial charge < -0.3 is 24.4 Å². The Hall–Kier alpha value is -2.25. The number of aliphatic hydroxyl groups excluding tert-OH is 2. The molecule has 2 N–H and O–H groups in total. The van der Waals surface area contributed by atoms with Gasteiger partial charge in [-0.25, -0.2) is 4.79 Å². The minimum absolute atomic E-state index is 0.0602. The number of ether oxygens (including phenoxy) is 3. The van der Waals surface area contributed by atoms with Gasteiger partial charge in [-0.05, 0) is 11.1 Å². The highest BCUT2D eigenvalue weighted by atomic mass is 16.6. The van der Waals surface area contributed by atoms with E-state index in [2.05, 4.69) is 0 Å². The van der Waals surface area contributed by atoms with Crippen molar-refractivity contribution in [3.63, 3.8) is 0 Å². The third-order valence-corrected chi connectivity index (χ3v) is 4.18. The van der Waals surface area contributed by atoms with Gasteiger partial charge in [0.15, 0.2) is 12.2 Å². The quantitative estimate of drug-likeness (QED) is 0.695. The molecule has 138 valence electrons. The molecule has 1 fully saturated rings. The minimum Gasteiger partial charge on any atom is -0.455 e. The molecule has 0 aromatic heterocycles. The molecule has 6 heteroatoms. The zero-order valence-corrected chi connectivity index (χ0v) is 14.2. The summed E-state index contributed by atoms with van der Waals surface area (Å²) in [5.74, 6) is -0.680. The molecule has 1 unspecified atom stereocenters. The standard InChI is InChI=1S/C20H22O6/c21-16(13-24-11-14-7-3-1-4-8-14)18-17(22)19(20(23)26-18)25-12-15-9-5-2-6-10-15/h1-10,16-19,21-22H,11-13H2/t16-,17+,18+,19?/m0/s1. The van der Waals surface area contributed by atoms with E-state index in [4.69, 9.17) is 14.2 Å². The van der Waals surface area contributed by atoms with Crippen molar-refractivity contribution in [1.82, 2.24) is 0 Å². The van der Waals surface area contributed by atoms with Gasteiger partial charge in [-0.15, -0.1) is 0 Å². The molecular formula is C20H22O6. The van der Waals surface area contributed by atoms with Crippen LogP contribution in [0.4, 0.5) is 0 Å². The van der Waals surface area contributed by atoms with E-state index in [0.717, 1.165) is 11.1 Å². The first kappa shape index (κ1) is 18.5. The van der Waals surface area contributed by atoms with E-state index in [9.17, 15) is 15.0 Å². The van der Waals surface area contributed by atoms with Crippen molar-refractivity contribution in [3.8, 4) is 0 Å². The van der Waals surface area contributed by atoms with E-state index >= 15 is 0 Å². The molecule has 2 aromatic rings. The van der Waals surface area contributed by atoms with Crippen LogP contribution in [0, 0.1) is 0 Å². The Kier molecular flexibility index (Phi) is 6.35. The Morgan fingerprint density at radius 1 is 0.962 bits per heavy atom. The predicted octanol–water partition coefficient (Wildman–Crippen LogP) is 1.44. The lowest BCUT2D eigenvalue weighted by atomic mass is 10.1. The van der Waals surface area contributed by atoms with Crippen LogP contribution < -0.4 is 0 Å². The topological polar surface area (TPSA) is 85.2 Å². The van der Waals surface area contributed by atoms with Crippen molar-refractivity contribution in [3.05, 3.63) is 71.8 Å². The summed E-state index contributed by atoms with van der Waals surface area (Å²) in [5.41, 5.74) is 1.84. The van der Waals surface area contributed by atoms with Gasteiger partial charge in [0.05, 0.1) is 19.8 Å². The number of esters is 1. The molecule has 0 radical (unpaired) electrons. The highest BCUT2D eigenvalue weighted by molar-refractivity contribution is 5.78. The van der Waals surface area contributed by atoms with Gasteiger partial charge in [0.25, 0.3) is 0 Å². The summed E-state index contributed by atoms with van der Waals surface area (Å²) in [7, 11) is 0. The van der Waals surface area contributed by atoms with Crippen LogP contribution in [-0.2, 0) is 32.2 Å². The number of carbonyl (C=O) groups is 1. The summed E-state index contributed by atoms with van der Waals surface area (Å²) in [6, 6.07) is 18.8. The first-order valence-electron chi connectivity index (χ1n) is 8.49. The molecule has 1 aliphatic rings. The highest BCUT2D eigenvalue weighted by Crippen LogP contribution is 2.23. The second-order valence-electron chi connectivity index (χ2n) is 6.18. The van der Waals surface area contributed by atoms with Crippen LogP contribution in [0.25, 0.3) is 0 Å². The zero-order chi connectivity index (χ0) is 18.4. The number of carbonyl (C=O) groups excluding carboxylic acids is 1. The average molecular weight is 358 g/mol. The largest absolute Gasteiger partial charge is 0.455 e. The number of rotatable bonds is 8. The Balaban J connectivity index is 1.48. The van der Waals surface area contributed by atoms with Gasteiger partial charge in [-0.1, -0.05) is 60.7 Å². The van der Waals surface area contributed by atoms with Gasteiger partial charge >= 0.3 is 5.97 Å². The fourth-order valence-electron chi connectivity index (χ4n) is 2.78. The van der Waals surface area contributed by atoms with Gasteiger partial charge in [-0.2, -0.15) is 0 Å². The molecule has 0 aliphatic carbocycles. The maximum Gasteiger partial charge on any atom is 0.338 e. The van der Waals surface area contributed by atoms with Crippen LogP contribution in [0.2, 0.25) is 0 Å². The lowest BCUT2D eigenvalue weighted by molar-refractivity contribution is -0.154. The van der Waals surface area contributed by atoms with E-state index in [1.807, 2.05) is 60.7 Å². The van der Waals surface area contributed by atoms with Crippen molar-refractivity contribution >= 4 is 5.97 Å². The summed E-state index contributed by atoms with van der Waals surface area (Å²) in [4.78, 5) is 12.0. The van der Waals surface area contributed by atoms with Crippen LogP contribution in [0.5, 0.6) is 0 Å². The molecule has 0 bridgehead atoms. The molecule has 1 saturated heterocycles. The molecule has 0 saturated carbocycles. The van der Waals surface area contributed by atoms with Crippen molar-refractivity contribution in [2.45, 2.75) is 37.6 Å². The maximum atomic E-state index is 12.0. The van der Waals surface area contributed by atoms with E-state index < -0.39 is 30.4 Å². The average Bonchev–Trinajstić information content (AvgIpc) is 2.95. The maximum absolute atomic E-state index is 12.0. The van der Waals surface area contributed by atoms with Crippen molar-refractivity contribution in [2.24, 2.45) is 0 Å². The molecule has 1 aliphatic heterocycles. The van der Waals surface area contributed by atoms with Crippen LogP contribution in [-0.4, -0.2) is 47.2 Å². The van der Waals surface area contributed by atoms with Crippen molar-refractivity contribution < 1.29 is 29.2 Å². The monoisotopic (exact) mass is 358 g/mol. The molecule has 2 aromatic carbocycles. The molecular weight excluding hydrogens is 336 g/mol. The summed E-state index contributed by atoms with van der Waals surface area (Å²) in [5, 5.41) is 20.5. The smallest absolute Gasteiger partial charge is 0.338 e. The Labute approximate surface area is 151 Å². The van der Waals surface area contributed by atoms with Crippen LogP contribution in [0.1, 0.15) is 11.1 Å². The van der Waals surface area contributed by atoms with E-state index in [1.54, 1.807) is 0 Å². The number of hydrogen-bond acceptors (Lipinski definition) is 6. The third-order valence-electron chi connectivity index (χ3n) is 4.18. The zero-order valence-electron chi connectivity index (χ0n) is 14.2. The lowest BCUT2D eigenvalue weighted by Gasteiger charge is -2.21. The highest BCUT2D eigenvalue weighted by Gasteiger charge is 2.47. The molecule has 4 atom stereocenters. The van der Waals surface area contributed by atoms with Crippen molar-refractivity contribution in [2.75, 3.05) is 6.61 Å². The predicted molar refractivity (Wildman–Crippen MR) is 93.0 cm³/mol. The Morgan fingerprint density at radius 2 is 1.54 bits per heavy atom. The SMILES string of the molecule is O=C1O[C@H]([C@@H](O)COCc2ccccc2)[C@@H](O)C1OCc1ccccc1. The van der Waals surface area contributed by atoms with Gasteiger partial charge in [0, 0.05) is 0 Å². The second-order valence-corrected chi connectivity index (χ2v) is 6.18. The number of benzene rings is 2. The number of aliphatic hydroxyl groups is 2. The van der Waals surface area contributed by atoms with E-state index in [0.29, 0.717) is 6.61 Å². The van der Waals surface area contributed by atoms with Crippen LogP contribution >= 0.6 is 0 Å². The molecule has 3 rings (SSSR count). The summed E-state index contributed by atoms with van der Waals surface area (Å²) < 4.78 is 16.0. The molecule has 0 amide bonds. The number of cyclic esters (lactones) is 1.